The Hall–Kier alpha value is -3.35. The summed E-state index contributed by atoms with van der Waals surface area (Å²) in [4.78, 5) is 36.3. The number of hydrogen-bond acceptors (Lipinski definition) is 4. The molecule has 0 unspecified atom stereocenters. The second-order valence-corrected chi connectivity index (χ2v) is 8.72. The van der Waals surface area contributed by atoms with Gasteiger partial charge in [0.2, 0.25) is 5.91 Å². The minimum absolute atomic E-state index is 0.0340. The molecule has 170 valence electrons. The topological polar surface area (TPSA) is 105 Å². The zero-order valence-corrected chi connectivity index (χ0v) is 18.7. The minimum Gasteiger partial charge on any atom is -0.481 e. The fraction of sp³-hybridized carbons (Fsp3) is 0.400. The molecule has 0 bridgehead atoms. The van der Waals surface area contributed by atoms with Crippen LogP contribution in [0.25, 0.3) is 11.1 Å². The van der Waals surface area contributed by atoms with Crippen LogP contribution in [-0.2, 0) is 14.3 Å². The van der Waals surface area contributed by atoms with Crippen LogP contribution in [0, 0.1) is 5.41 Å². The second-order valence-electron chi connectivity index (χ2n) is 8.72. The summed E-state index contributed by atoms with van der Waals surface area (Å²) < 4.78 is 5.53. The number of carbonyl (C=O) groups excluding carboxylic acids is 2. The number of ether oxygens (including phenoxy) is 1. The van der Waals surface area contributed by atoms with Crippen LogP contribution in [0.5, 0.6) is 0 Å². The number of carbonyl (C=O) groups is 3. The molecule has 1 aliphatic carbocycles. The smallest absolute Gasteiger partial charge is 0.407 e. The number of aliphatic carboxylic acids is 1. The van der Waals surface area contributed by atoms with E-state index in [1.165, 1.54) is 13.8 Å². The Bertz CT molecular complexity index is 956. The van der Waals surface area contributed by atoms with Gasteiger partial charge in [0, 0.05) is 12.5 Å². The lowest BCUT2D eigenvalue weighted by Crippen LogP contribution is -2.49. The molecule has 0 radical (unpaired) electrons. The van der Waals surface area contributed by atoms with Gasteiger partial charge in [-0.05, 0) is 42.5 Å². The number of rotatable bonds is 9. The van der Waals surface area contributed by atoms with E-state index in [2.05, 4.69) is 22.8 Å². The summed E-state index contributed by atoms with van der Waals surface area (Å²) in [6, 6.07) is 15.3. The molecule has 3 rings (SSSR count). The van der Waals surface area contributed by atoms with E-state index in [-0.39, 0.29) is 19.1 Å². The third kappa shape index (κ3) is 5.10. The molecular weight excluding hydrogens is 408 g/mol. The average molecular weight is 439 g/mol. The van der Waals surface area contributed by atoms with Crippen molar-refractivity contribution in [3.05, 3.63) is 59.7 Å². The van der Waals surface area contributed by atoms with E-state index in [1.54, 1.807) is 0 Å². The normalized spacial score (nSPS) is 13.6. The van der Waals surface area contributed by atoms with Crippen molar-refractivity contribution in [1.29, 1.82) is 0 Å². The molecule has 0 spiro atoms. The minimum atomic E-state index is -1.10. The fourth-order valence-electron chi connectivity index (χ4n) is 3.85. The molecule has 0 saturated heterocycles. The predicted octanol–water partition coefficient (Wildman–Crippen LogP) is 3.92. The Morgan fingerprint density at radius 2 is 1.59 bits per heavy atom. The number of carboxylic acid groups (broad SMARTS) is 1. The van der Waals surface area contributed by atoms with Gasteiger partial charge < -0.3 is 20.5 Å². The molecule has 1 aliphatic rings. The zero-order valence-electron chi connectivity index (χ0n) is 18.7. The molecule has 32 heavy (non-hydrogen) atoms. The fourth-order valence-corrected chi connectivity index (χ4v) is 3.85. The van der Waals surface area contributed by atoms with Gasteiger partial charge in [-0.25, -0.2) is 4.79 Å². The number of benzene rings is 2. The maximum absolute atomic E-state index is 12.6. The molecule has 0 aliphatic heterocycles. The summed E-state index contributed by atoms with van der Waals surface area (Å²) in [5, 5.41) is 14.5. The largest absolute Gasteiger partial charge is 0.481 e. The summed E-state index contributed by atoms with van der Waals surface area (Å²) in [5.74, 6) is -1.49. The second kappa shape index (κ2) is 9.85. The van der Waals surface area contributed by atoms with Crippen LogP contribution in [0.4, 0.5) is 4.79 Å². The van der Waals surface area contributed by atoms with Gasteiger partial charge in [0.15, 0.2) is 0 Å². The van der Waals surface area contributed by atoms with E-state index in [0.29, 0.717) is 12.8 Å². The van der Waals surface area contributed by atoms with Gasteiger partial charge in [-0.3, -0.25) is 9.59 Å². The van der Waals surface area contributed by atoms with Crippen molar-refractivity contribution < 1.29 is 24.2 Å². The molecule has 2 aromatic carbocycles. The molecular formula is C25H30N2O5. The quantitative estimate of drug-likeness (QED) is 0.550. The first-order chi connectivity index (χ1) is 15.2. The molecule has 1 atom stereocenters. The standard InChI is InChI=1S/C25H30N2O5/c1-4-9-21(22(28)26-15-25(2,3)23(29)30)27-24(31)32-14-20-18-12-7-5-10-16(18)17-11-6-8-13-19(17)20/h5-8,10-13,20-21H,4,9,14-15H2,1-3H3,(H,26,28)(H,27,31)(H,29,30)/t21-/m0/s1. The van der Waals surface area contributed by atoms with Crippen molar-refractivity contribution in [2.45, 2.75) is 45.6 Å². The zero-order chi connectivity index (χ0) is 23.3. The third-order valence-corrected chi connectivity index (χ3v) is 5.81. The van der Waals surface area contributed by atoms with Crippen molar-refractivity contribution >= 4 is 18.0 Å². The Labute approximate surface area is 188 Å². The van der Waals surface area contributed by atoms with Crippen LogP contribution in [0.15, 0.2) is 48.5 Å². The average Bonchev–Trinajstić information content (AvgIpc) is 3.09. The summed E-state index contributed by atoms with van der Waals surface area (Å²) in [7, 11) is 0. The number of nitrogens with one attached hydrogen (secondary N) is 2. The van der Waals surface area contributed by atoms with E-state index in [4.69, 9.17) is 4.74 Å². The molecule has 0 fully saturated rings. The van der Waals surface area contributed by atoms with Crippen molar-refractivity contribution in [2.75, 3.05) is 13.2 Å². The highest BCUT2D eigenvalue weighted by Gasteiger charge is 2.31. The van der Waals surface area contributed by atoms with Gasteiger partial charge in [0.1, 0.15) is 12.6 Å². The Balaban J connectivity index is 1.61. The molecule has 2 amide bonds. The van der Waals surface area contributed by atoms with Crippen LogP contribution in [0.1, 0.15) is 50.7 Å². The first-order valence-electron chi connectivity index (χ1n) is 10.9. The van der Waals surface area contributed by atoms with Crippen molar-refractivity contribution in [1.82, 2.24) is 10.6 Å². The van der Waals surface area contributed by atoms with E-state index >= 15 is 0 Å². The highest BCUT2D eigenvalue weighted by atomic mass is 16.5. The van der Waals surface area contributed by atoms with E-state index in [0.717, 1.165) is 22.3 Å². The molecule has 3 N–H and O–H groups in total. The highest BCUT2D eigenvalue weighted by molar-refractivity contribution is 5.86. The Morgan fingerprint density at radius 1 is 1.03 bits per heavy atom. The highest BCUT2D eigenvalue weighted by Crippen LogP contribution is 2.44. The SMILES string of the molecule is CCC[C@H](NC(=O)OCC1c2ccccc2-c2ccccc21)C(=O)NCC(C)(C)C(=O)O. The Morgan fingerprint density at radius 3 is 2.12 bits per heavy atom. The van der Waals surface area contributed by atoms with Crippen molar-refractivity contribution in [3.63, 3.8) is 0 Å². The van der Waals surface area contributed by atoms with Gasteiger partial charge in [-0.1, -0.05) is 61.9 Å². The van der Waals surface area contributed by atoms with Gasteiger partial charge in [0.25, 0.3) is 0 Å². The first kappa shape index (κ1) is 23.3. The predicted molar refractivity (Wildman–Crippen MR) is 121 cm³/mol. The summed E-state index contributed by atoms with van der Waals surface area (Å²) in [6.07, 6.45) is 0.422. The molecule has 2 aromatic rings. The van der Waals surface area contributed by atoms with Crippen LogP contribution in [0.2, 0.25) is 0 Å². The van der Waals surface area contributed by atoms with Crippen LogP contribution >= 0.6 is 0 Å². The van der Waals surface area contributed by atoms with Gasteiger partial charge in [-0.15, -0.1) is 0 Å². The number of alkyl carbamates (subject to hydrolysis) is 1. The maximum atomic E-state index is 12.6. The monoisotopic (exact) mass is 438 g/mol. The summed E-state index contributed by atoms with van der Waals surface area (Å²) >= 11 is 0. The molecule has 0 heterocycles. The van der Waals surface area contributed by atoms with E-state index < -0.39 is 29.4 Å². The lowest BCUT2D eigenvalue weighted by atomic mass is 9.94. The first-order valence-corrected chi connectivity index (χ1v) is 10.9. The molecule has 7 nitrogen and oxygen atoms in total. The maximum Gasteiger partial charge on any atom is 0.407 e. The number of fused-ring (bicyclic) bond motifs is 3. The summed E-state index contributed by atoms with van der Waals surface area (Å²) in [5.41, 5.74) is 3.40. The number of hydrogen-bond donors (Lipinski definition) is 3. The van der Waals surface area contributed by atoms with Crippen LogP contribution in [0.3, 0.4) is 0 Å². The van der Waals surface area contributed by atoms with Crippen LogP contribution in [-0.4, -0.2) is 42.3 Å². The van der Waals surface area contributed by atoms with Crippen molar-refractivity contribution in [2.24, 2.45) is 5.41 Å². The lowest BCUT2D eigenvalue weighted by molar-refractivity contribution is -0.146. The van der Waals surface area contributed by atoms with Gasteiger partial charge in [0.05, 0.1) is 5.41 Å². The van der Waals surface area contributed by atoms with Crippen LogP contribution < -0.4 is 10.6 Å². The van der Waals surface area contributed by atoms with Gasteiger partial charge >= 0.3 is 12.1 Å². The van der Waals surface area contributed by atoms with E-state index in [1.807, 2.05) is 43.3 Å². The summed E-state index contributed by atoms with van der Waals surface area (Å²) in [6.45, 7) is 5.09. The van der Waals surface area contributed by atoms with E-state index in [9.17, 15) is 19.5 Å². The van der Waals surface area contributed by atoms with Crippen molar-refractivity contribution in [3.8, 4) is 11.1 Å². The molecule has 7 heteroatoms. The molecule has 0 aromatic heterocycles. The third-order valence-electron chi connectivity index (χ3n) is 5.81. The molecule has 0 saturated carbocycles. The lowest BCUT2D eigenvalue weighted by Gasteiger charge is -2.23. The number of carboxylic acids is 1. The van der Waals surface area contributed by atoms with Gasteiger partial charge in [-0.2, -0.15) is 0 Å². The number of amides is 2. The Kier molecular flexibility index (Phi) is 7.18.